The van der Waals surface area contributed by atoms with Crippen LogP contribution >= 0.6 is 11.3 Å². The molecule has 168 valence electrons. The smallest absolute Gasteiger partial charge is 0.300 e. The molecule has 1 unspecified atom stereocenters. The summed E-state index contributed by atoms with van der Waals surface area (Å²) >= 11 is 1.42. The van der Waals surface area contributed by atoms with Gasteiger partial charge in [-0.2, -0.15) is 0 Å². The molecule has 2 aromatic carbocycles. The van der Waals surface area contributed by atoms with Gasteiger partial charge in [0.25, 0.3) is 11.7 Å². The number of amides is 1. The molecule has 0 saturated carbocycles. The van der Waals surface area contributed by atoms with Crippen molar-refractivity contribution in [2.24, 2.45) is 0 Å². The Labute approximate surface area is 200 Å². The fraction of sp³-hybridized carbons (Fsp3) is 0.0741. The summed E-state index contributed by atoms with van der Waals surface area (Å²) in [5.74, 6) is -0.984. The highest BCUT2D eigenvalue weighted by molar-refractivity contribution is 7.10. The topological polar surface area (TPSA) is 79.7 Å². The number of ketones is 1. The Morgan fingerprint density at radius 3 is 2.35 bits per heavy atom. The average Bonchev–Trinajstić information content (AvgIpc) is 3.51. The van der Waals surface area contributed by atoms with Gasteiger partial charge in [-0.15, -0.1) is 11.3 Å². The van der Waals surface area contributed by atoms with Crippen LogP contribution < -0.4 is 9.64 Å². The van der Waals surface area contributed by atoms with Crippen molar-refractivity contribution in [3.8, 4) is 5.75 Å². The second-order valence-corrected chi connectivity index (χ2v) is 8.67. The number of rotatable bonds is 6. The number of aliphatic hydroxyl groups is 1. The number of carbonyl (C=O) groups is 2. The molecular formula is C27H20N2O4S. The van der Waals surface area contributed by atoms with Gasteiger partial charge >= 0.3 is 0 Å². The number of ether oxygens (including phenoxy) is 1. The van der Waals surface area contributed by atoms with Gasteiger partial charge in [-0.25, -0.2) is 0 Å². The van der Waals surface area contributed by atoms with Gasteiger partial charge in [0.2, 0.25) is 0 Å². The van der Waals surface area contributed by atoms with Gasteiger partial charge in [-0.05, 0) is 53.4 Å². The van der Waals surface area contributed by atoms with Crippen LogP contribution in [-0.2, 0) is 16.2 Å². The number of hydrogen-bond donors (Lipinski definition) is 1. The van der Waals surface area contributed by atoms with Gasteiger partial charge in [-0.1, -0.05) is 36.4 Å². The lowest BCUT2D eigenvalue weighted by Crippen LogP contribution is -2.29. The molecule has 4 aromatic rings. The number of thiophene rings is 1. The van der Waals surface area contributed by atoms with Crippen LogP contribution in [-0.4, -0.2) is 21.8 Å². The SMILES string of the molecule is O=C1C(=O)N(c2ccc(OCc3ccccc3)cc2)C(c2cccs2)/C1=C(/O)c1ccncc1. The second-order valence-electron chi connectivity index (χ2n) is 7.69. The summed E-state index contributed by atoms with van der Waals surface area (Å²) in [5, 5.41) is 12.9. The third kappa shape index (κ3) is 4.09. The number of pyridine rings is 1. The summed E-state index contributed by atoms with van der Waals surface area (Å²) < 4.78 is 5.85. The van der Waals surface area contributed by atoms with Crippen LogP contribution in [0.3, 0.4) is 0 Å². The first kappa shape index (κ1) is 21.6. The third-order valence-corrected chi connectivity index (χ3v) is 6.50. The molecule has 1 amide bonds. The Kier molecular flexibility index (Phi) is 5.93. The molecular weight excluding hydrogens is 448 g/mol. The van der Waals surface area contributed by atoms with Gasteiger partial charge in [-0.3, -0.25) is 19.5 Å². The number of Topliss-reactive ketones (excluding diaryl/α,β-unsaturated/α-hetero) is 1. The van der Waals surface area contributed by atoms with Crippen molar-refractivity contribution in [2.75, 3.05) is 4.90 Å². The molecule has 0 bridgehead atoms. The van der Waals surface area contributed by atoms with Crippen LogP contribution in [0.1, 0.15) is 22.0 Å². The maximum Gasteiger partial charge on any atom is 0.300 e. The first-order chi connectivity index (χ1) is 16.6. The first-order valence-electron chi connectivity index (χ1n) is 10.6. The molecule has 1 N–H and O–H groups in total. The molecule has 0 radical (unpaired) electrons. The number of benzene rings is 2. The lowest BCUT2D eigenvalue weighted by atomic mass is 10.0. The molecule has 2 aromatic heterocycles. The highest BCUT2D eigenvalue weighted by atomic mass is 32.1. The minimum atomic E-state index is -0.732. The number of carbonyl (C=O) groups excluding carboxylic acids is 2. The normalized spacial score (nSPS) is 17.2. The van der Waals surface area contributed by atoms with E-state index in [0.29, 0.717) is 23.6 Å². The zero-order valence-electron chi connectivity index (χ0n) is 18.0. The molecule has 5 rings (SSSR count). The highest BCUT2D eigenvalue weighted by Crippen LogP contribution is 2.43. The molecule has 34 heavy (non-hydrogen) atoms. The molecule has 0 aliphatic carbocycles. The van der Waals surface area contributed by atoms with Crippen molar-refractivity contribution >= 4 is 34.5 Å². The van der Waals surface area contributed by atoms with Gasteiger partial charge in [0.1, 0.15) is 24.2 Å². The molecule has 7 heteroatoms. The average molecular weight is 469 g/mol. The molecule has 0 spiro atoms. The molecule has 1 aliphatic rings. The summed E-state index contributed by atoms with van der Waals surface area (Å²) in [7, 11) is 0. The fourth-order valence-corrected chi connectivity index (χ4v) is 4.75. The summed E-state index contributed by atoms with van der Waals surface area (Å²) in [6.07, 6.45) is 3.05. The Balaban J connectivity index is 1.49. The van der Waals surface area contributed by atoms with E-state index in [1.807, 2.05) is 47.8 Å². The Bertz CT molecular complexity index is 1330. The van der Waals surface area contributed by atoms with Crippen LogP contribution in [0.4, 0.5) is 5.69 Å². The Morgan fingerprint density at radius 2 is 1.68 bits per heavy atom. The summed E-state index contributed by atoms with van der Waals surface area (Å²) in [5.41, 5.74) is 2.08. The number of anilines is 1. The molecule has 1 aliphatic heterocycles. The van der Waals surface area contributed by atoms with Gasteiger partial charge in [0.05, 0.1) is 5.57 Å². The van der Waals surface area contributed by atoms with Crippen molar-refractivity contribution < 1.29 is 19.4 Å². The lowest BCUT2D eigenvalue weighted by molar-refractivity contribution is -0.132. The van der Waals surface area contributed by atoms with Crippen LogP contribution in [0.2, 0.25) is 0 Å². The molecule has 6 nitrogen and oxygen atoms in total. The van der Waals surface area contributed by atoms with Crippen molar-refractivity contribution in [3.05, 3.63) is 118 Å². The van der Waals surface area contributed by atoms with Crippen LogP contribution in [0, 0.1) is 0 Å². The molecule has 1 atom stereocenters. The monoisotopic (exact) mass is 468 g/mol. The number of hydrogen-bond acceptors (Lipinski definition) is 6. The molecule has 1 saturated heterocycles. The van der Waals surface area contributed by atoms with E-state index in [0.717, 1.165) is 10.4 Å². The van der Waals surface area contributed by atoms with Crippen molar-refractivity contribution in [3.63, 3.8) is 0 Å². The van der Waals surface area contributed by atoms with E-state index in [2.05, 4.69) is 4.98 Å². The summed E-state index contributed by atoms with van der Waals surface area (Å²) in [6, 6.07) is 23.0. The maximum absolute atomic E-state index is 13.1. The quantitative estimate of drug-likeness (QED) is 0.234. The second kappa shape index (κ2) is 9.33. The molecule has 1 fully saturated rings. The fourth-order valence-electron chi connectivity index (χ4n) is 3.92. The van der Waals surface area contributed by atoms with E-state index in [-0.39, 0.29) is 11.3 Å². The largest absolute Gasteiger partial charge is 0.507 e. The minimum Gasteiger partial charge on any atom is -0.507 e. The Hall–Kier alpha value is -4.23. The number of nitrogens with zero attached hydrogens (tertiary/aromatic N) is 2. The molecule has 3 heterocycles. The number of aromatic nitrogens is 1. The minimum absolute atomic E-state index is 0.0584. The van der Waals surface area contributed by atoms with E-state index in [1.54, 1.807) is 36.4 Å². The summed E-state index contributed by atoms with van der Waals surface area (Å²) in [6.45, 7) is 0.422. The van der Waals surface area contributed by atoms with Crippen molar-refractivity contribution in [1.29, 1.82) is 0 Å². The van der Waals surface area contributed by atoms with Crippen LogP contribution in [0.5, 0.6) is 5.75 Å². The van der Waals surface area contributed by atoms with Crippen molar-refractivity contribution in [1.82, 2.24) is 4.98 Å². The van der Waals surface area contributed by atoms with E-state index in [4.69, 9.17) is 4.74 Å². The van der Waals surface area contributed by atoms with Crippen molar-refractivity contribution in [2.45, 2.75) is 12.6 Å². The van der Waals surface area contributed by atoms with Gasteiger partial charge < -0.3 is 9.84 Å². The highest BCUT2D eigenvalue weighted by Gasteiger charge is 2.47. The van der Waals surface area contributed by atoms with E-state index in [9.17, 15) is 14.7 Å². The van der Waals surface area contributed by atoms with Crippen LogP contribution in [0.15, 0.2) is 102 Å². The van der Waals surface area contributed by atoms with Crippen LogP contribution in [0.25, 0.3) is 5.76 Å². The predicted octanol–water partition coefficient (Wildman–Crippen LogP) is 5.35. The van der Waals surface area contributed by atoms with Gasteiger partial charge in [0, 0.05) is 28.5 Å². The van der Waals surface area contributed by atoms with E-state index < -0.39 is 17.7 Å². The first-order valence-corrected chi connectivity index (χ1v) is 11.5. The zero-order valence-corrected chi connectivity index (χ0v) is 18.8. The zero-order chi connectivity index (χ0) is 23.5. The van der Waals surface area contributed by atoms with E-state index >= 15 is 0 Å². The van der Waals surface area contributed by atoms with Gasteiger partial charge in [0.15, 0.2) is 0 Å². The number of aliphatic hydroxyl groups excluding tert-OH is 1. The predicted molar refractivity (Wildman–Crippen MR) is 131 cm³/mol. The Morgan fingerprint density at radius 1 is 0.941 bits per heavy atom. The lowest BCUT2D eigenvalue weighted by Gasteiger charge is -2.24. The standard InChI is InChI=1S/C27H20N2O4S/c30-25(19-12-14-28-15-13-19)23-24(22-7-4-16-34-22)29(27(32)26(23)31)20-8-10-21(11-9-20)33-17-18-5-2-1-3-6-18/h1-16,24,30H,17H2/b25-23-. The maximum atomic E-state index is 13.1. The summed E-state index contributed by atoms with van der Waals surface area (Å²) in [4.78, 5) is 32.4. The van der Waals surface area contributed by atoms with E-state index in [1.165, 1.54) is 28.6 Å². The third-order valence-electron chi connectivity index (χ3n) is 5.57.